The Morgan fingerprint density at radius 3 is 2.03 bits per heavy atom. The fourth-order valence-corrected chi connectivity index (χ4v) is 6.07. The fraction of sp³-hybridized carbons (Fsp3) is 0.276. The van der Waals surface area contributed by atoms with Gasteiger partial charge in [0.1, 0.15) is 0 Å². The van der Waals surface area contributed by atoms with Crippen molar-refractivity contribution in [2.75, 3.05) is 0 Å². The summed E-state index contributed by atoms with van der Waals surface area (Å²) in [4.78, 5) is 11.8. The lowest BCUT2D eigenvalue weighted by molar-refractivity contribution is -0.137. The van der Waals surface area contributed by atoms with Crippen molar-refractivity contribution in [2.45, 2.75) is 43.9 Å². The van der Waals surface area contributed by atoms with Crippen LogP contribution in [0.2, 0.25) is 0 Å². The fourth-order valence-electron chi connectivity index (χ4n) is 6.07. The van der Waals surface area contributed by atoms with Crippen LogP contribution in [0.15, 0.2) is 90.5 Å². The van der Waals surface area contributed by atoms with Gasteiger partial charge < -0.3 is 5.11 Å². The second-order valence-electron chi connectivity index (χ2n) is 9.03. The van der Waals surface area contributed by atoms with Gasteiger partial charge in [-0.3, -0.25) is 4.79 Å². The van der Waals surface area contributed by atoms with E-state index < -0.39 is 5.97 Å². The Balaban J connectivity index is 1.73. The summed E-state index contributed by atoms with van der Waals surface area (Å²) >= 11 is 0. The summed E-state index contributed by atoms with van der Waals surface area (Å²) in [6.07, 6.45) is 5.09. The van der Waals surface area contributed by atoms with E-state index in [0.717, 1.165) is 32.1 Å². The van der Waals surface area contributed by atoms with Crippen LogP contribution < -0.4 is 0 Å². The molecule has 2 heteroatoms. The van der Waals surface area contributed by atoms with Gasteiger partial charge >= 0.3 is 5.97 Å². The van der Waals surface area contributed by atoms with Crippen molar-refractivity contribution in [3.63, 3.8) is 0 Å². The van der Waals surface area contributed by atoms with Crippen LogP contribution in [-0.4, -0.2) is 11.1 Å². The molecule has 1 atom stereocenters. The van der Waals surface area contributed by atoms with Crippen LogP contribution in [0.1, 0.15) is 47.9 Å². The summed E-state index contributed by atoms with van der Waals surface area (Å²) in [5, 5.41) is 9.73. The number of carboxylic acids is 1. The van der Waals surface area contributed by atoms with E-state index in [1.165, 1.54) is 33.4 Å². The van der Waals surface area contributed by atoms with Gasteiger partial charge in [-0.25, -0.2) is 0 Å². The Kier molecular flexibility index (Phi) is 5.23. The van der Waals surface area contributed by atoms with Gasteiger partial charge in [0, 0.05) is 5.41 Å². The van der Waals surface area contributed by atoms with Gasteiger partial charge in [0.05, 0.1) is 6.42 Å². The molecule has 0 spiro atoms. The number of allylic oxidation sites excluding steroid dienone is 2. The molecule has 156 valence electrons. The molecule has 0 fully saturated rings. The van der Waals surface area contributed by atoms with Gasteiger partial charge in [-0.1, -0.05) is 90.5 Å². The zero-order valence-corrected chi connectivity index (χ0v) is 17.8. The highest BCUT2D eigenvalue weighted by Gasteiger charge is 2.48. The van der Waals surface area contributed by atoms with E-state index >= 15 is 0 Å². The molecule has 1 unspecified atom stereocenters. The number of carbonyl (C=O) groups is 1. The highest BCUT2D eigenvalue weighted by Crippen LogP contribution is 2.57. The van der Waals surface area contributed by atoms with Gasteiger partial charge in [-0.2, -0.15) is 0 Å². The summed E-state index contributed by atoms with van der Waals surface area (Å²) in [6.45, 7) is 0. The smallest absolute Gasteiger partial charge is 0.303 e. The Morgan fingerprint density at radius 2 is 1.42 bits per heavy atom. The highest BCUT2D eigenvalue weighted by molar-refractivity contribution is 5.83. The van der Waals surface area contributed by atoms with Crippen LogP contribution in [0, 0.1) is 5.92 Å². The van der Waals surface area contributed by atoms with Crippen molar-refractivity contribution in [1.29, 1.82) is 0 Å². The van der Waals surface area contributed by atoms with Crippen LogP contribution in [-0.2, 0) is 23.1 Å². The molecular weight excluding hydrogens is 380 g/mol. The molecule has 1 N–H and O–H groups in total. The molecule has 0 aliphatic heterocycles. The van der Waals surface area contributed by atoms with Crippen molar-refractivity contribution in [3.8, 4) is 0 Å². The van der Waals surface area contributed by atoms with E-state index in [9.17, 15) is 9.90 Å². The van der Waals surface area contributed by atoms with Gasteiger partial charge in [-0.05, 0) is 65.8 Å². The van der Waals surface area contributed by atoms with Gasteiger partial charge in [-0.15, -0.1) is 0 Å². The van der Waals surface area contributed by atoms with Gasteiger partial charge in [0.2, 0.25) is 0 Å². The normalized spacial score (nSPS) is 19.0. The van der Waals surface area contributed by atoms with Crippen LogP contribution in [0.25, 0.3) is 5.57 Å². The maximum atomic E-state index is 11.8. The number of hydrogen-bond acceptors (Lipinski definition) is 1. The van der Waals surface area contributed by atoms with Crippen LogP contribution in [0.3, 0.4) is 0 Å². The highest BCUT2D eigenvalue weighted by atomic mass is 16.4. The first-order valence-corrected chi connectivity index (χ1v) is 11.3. The van der Waals surface area contributed by atoms with Gasteiger partial charge in [0.25, 0.3) is 0 Å². The minimum Gasteiger partial charge on any atom is -0.481 e. The molecule has 0 heterocycles. The lowest BCUT2D eigenvalue weighted by Gasteiger charge is -2.40. The Morgan fingerprint density at radius 1 is 0.839 bits per heavy atom. The molecule has 2 aliphatic rings. The SMILES string of the molecule is O=C(O)CC1CCCC2=C1C(Cc1ccccc1)(Cc1ccccc1)c1ccccc12. The lowest BCUT2D eigenvalue weighted by Crippen LogP contribution is -2.36. The third kappa shape index (κ3) is 3.61. The largest absolute Gasteiger partial charge is 0.481 e. The first kappa shape index (κ1) is 19.8. The molecule has 0 radical (unpaired) electrons. The van der Waals surface area contributed by atoms with Crippen molar-refractivity contribution in [1.82, 2.24) is 0 Å². The molecule has 0 amide bonds. The van der Waals surface area contributed by atoms with Crippen molar-refractivity contribution in [2.24, 2.45) is 5.92 Å². The van der Waals surface area contributed by atoms with Crippen LogP contribution in [0.4, 0.5) is 0 Å². The molecule has 31 heavy (non-hydrogen) atoms. The zero-order chi connectivity index (χ0) is 21.3. The van der Waals surface area contributed by atoms with Crippen LogP contribution in [0.5, 0.6) is 0 Å². The molecule has 3 aromatic rings. The minimum absolute atomic E-state index is 0.0982. The van der Waals surface area contributed by atoms with Gasteiger partial charge in [0.15, 0.2) is 0 Å². The first-order valence-electron chi connectivity index (χ1n) is 11.3. The quantitative estimate of drug-likeness (QED) is 0.509. The number of rotatable bonds is 6. The van der Waals surface area contributed by atoms with E-state index in [1.54, 1.807) is 0 Å². The summed E-state index contributed by atoms with van der Waals surface area (Å²) in [5.41, 5.74) is 7.96. The summed E-state index contributed by atoms with van der Waals surface area (Å²) < 4.78 is 0. The van der Waals surface area contributed by atoms with E-state index in [0.29, 0.717) is 0 Å². The molecule has 0 saturated heterocycles. The Hall–Kier alpha value is -3.13. The summed E-state index contributed by atoms with van der Waals surface area (Å²) in [7, 11) is 0. The third-order valence-corrected chi connectivity index (χ3v) is 7.11. The minimum atomic E-state index is -0.692. The molecule has 0 saturated carbocycles. The third-order valence-electron chi connectivity index (χ3n) is 7.11. The monoisotopic (exact) mass is 408 g/mol. The topological polar surface area (TPSA) is 37.3 Å². The first-order chi connectivity index (χ1) is 15.2. The average Bonchev–Trinajstić information content (AvgIpc) is 3.06. The summed E-state index contributed by atoms with van der Waals surface area (Å²) in [6, 6.07) is 30.2. The second-order valence-corrected chi connectivity index (χ2v) is 9.03. The Bertz CT molecular complexity index is 1070. The predicted octanol–water partition coefficient (Wildman–Crippen LogP) is 6.45. The van der Waals surface area contributed by atoms with E-state index in [-0.39, 0.29) is 17.8 Å². The maximum Gasteiger partial charge on any atom is 0.303 e. The summed E-state index contributed by atoms with van der Waals surface area (Å²) in [5.74, 6) is -0.593. The molecule has 2 nitrogen and oxygen atoms in total. The second kappa shape index (κ2) is 8.19. The van der Waals surface area contributed by atoms with Crippen molar-refractivity contribution < 1.29 is 9.90 Å². The number of hydrogen-bond donors (Lipinski definition) is 1. The molecule has 0 bridgehead atoms. The standard InChI is InChI=1S/C29H28O2/c30-27(31)18-23-14-9-16-25-24-15-7-8-17-26(24)29(28(23)25,19-21-10-3-1-4-11-21)20-22-12-5-2-6-13-22/h1-8,10-13,15,17,23H,9,14,16,18-20H2,(H,30,31). The Labute approximate surface area is 184 Å². The number of benzene rings is 3. The van der Waals surface area contributed by atoms with E-state index in [1.807, 2.05) is 0 Å². The van der Waals surface area contributed by atoms with E-state index in [2.05, 4.69) is 84.9 Å². The maximum absolute atomic E-state index is 11.8. The van der Waals surface area contributed by atoms with Crippen LogP contribution >= 0.6 is 0 Å². The number of aliphatic carboxylic acids is 1. The van der Waals surface area contributed by atoms with Crippen molar-refractivity contribution >= 4 is 11.5 Å². The van der Waals surface area contributed by atoms with Crippen molar-refractivity contribution in [3.05, 3.63) is 113 Å². The lowest BCUT2D eigenvalue weighted by atomic mass is 9.63. The molecule has 2 aliphatic carbocycles. The molecule has 3 aromatic carbocycles. The predicted molar refractivity (Wildman–Crippen MR) is 125 cm³/mol. The average molecular weight is 409 g/mol. The molecular formula is C29H28O2. The zero-order valence-electron chi connectivity index (χ0n) is 17.8. The van der Waals surface area contributed by atoms with E-state index in [4.69, 9.17) is 0 Å². The molecule has 5 rings (SSSR count). The number of fused-ring (bicyclic) bond motifs is 2. The number of carboxylic acid groups (broad SMARTS) is 1. The molecule has 0 aromatic heterocycles.